The van der Waals surface area contributed by atoms with Crippen molar-refractivity contribution in [1.29, 1.82) is 0 Å². The van der Waals surface area contributed by atoms with Crippen LogP contribution < -0.4 is 9.62 Å². The molecule has 0 bridgehead atoms. The Balaban J connectivity index is 1.69. The van der Waals surface area contributed by atoms with Gasteiger partial charge in [0.2, 0.25) is 0 Å². The number of thiazole rings is 1. The number of rotatable bonds is 10. The Morgan fingerprint density at radius 2 is 2.03 bits per heavy atom. The number of nitrogens with one attached hydrogen (secondary N) is 1. The minimum Gasteiger partial charge on any atom is -0.444 e. The lowest BCUT2D eigenvalue weighted by atomic mass is 10.2. The standard InChI is InChI=1S/C24H39N5O5S2Si/c1-18-12-22(25-13-20(18)27-19-8-9-28(14-19)23(30)34-24(2,3)4)36(31,32)29(21-15-35-16-26-21)17-33-10-11-37(5,6)7/h12-13,15-16,19,27H,8-11,14,17H2,1-7H3. The summed E-state index contributed by atoms with van der Waals surface area (Å²) >= 11 is 1.32. The van der Waals surface area contributed by atoms with Crippen LogP contribution in [-0.4, -0.2) is 75.5 Å². The number of aryl methyl sites for hydroxylation is 1. The van der Waals surface area contributed by atoms with E-state index >= 15 is 0 Å². The molecule has 10 nitrogen and oxygen atoms in total. The van der Waals surface area contributed by atoms with Crippen molar-refractivity contribution < 1.29 is 22.7 Å². The van der Waals surface area contributed by atoms with E-state index in [1.807, 2.05) is 27.7 Å². The maximum absolute atomic E-state index is 13.5. The first kappa shape index (κ1) is 29.3. The number of pyridine rings is 1. The molecule has 0 aliphatic carbocycles. The van der Waals surface area contributed by atoms with E-state index in [1.54, 1.807) is 21.9 Å². The second-order valence-electron chi connectivity index (χ2n) is 11.4. The van der Waals surface area contributed by atoms with Gasteiger partial charge in [-0.15, -0.1) is 11.3 Å². The highest BCUT2D eigenvalue weighted by Gasteiger charge is 2.31. The molecule has 0 radical (unpaired) electrons. The van der Waals surface area contributed by atoms with E-state index in [1.165, 1.54) is 17.5 Å². The number of nitrogens with zero attached hydrogens (tertiary/aromatic N) is 4. The molecule has 1 N–H and O–H groups in total. The van der Waals surface area contributed by atoms with Gasteiger partial charge in [-0.05, 0) is 51.8 Å². The number of amides is 1. The van der Waals surface area contributed by atoms with Crippen molar-refractivity contribution in [3.63, 3.8) is 0 Å². The van der Waals surface area contributed by atoms with Crippen molar-refractivity contribution in [2.75, 3.05) is 36.0 Å². The van der Waals surface area contributed by atoms with Crippen LogP contribution in [0.25, 0.3) is 0 Å². The highest BCUT2D eigenvalue weighted by Crippen LogP contribution is 2.26. The highest BCUT2D eigenvalue weighted by molar-refractivity contribution is 7.92. The maximum Gasteiger partial charge on any atom is 0.410 e. The van der Waals surface area contributed by atoms with E-state index in [4.69, 9.17) is 9.47 Å². The quantitative estimate of drug-likeness (QED) is 0.247. The number of carbonyl (C=O) groups excluding carboxylic acids is 1. The van der Waals surface area contributed by atoms with Crippen LogP contribution in [-0.2, 0) is 19.5 Å². The predicted octanol–water partition coefficient (Wildman–Crippen LogP) is 4.78. The molecular formula is C24H39N5O5S2Si. The molecule has 3 rings (SSSR count). The van der Waals surface area contributed by atoms with Crippen LogP contribution in [0.15, 0.2) is 28.2 Å². The molecule has 1 fully saturated rings. The molecule has 0 saturated carbocycles. The van der Waals surface area contributed by atoms with Gasteiger partial charge in [0, 0.05) is 39.2 Å². The normalized spacial score (nSPS) is 16.6. The van der Waals surface area contributed by atoms with Crippen LogP contribution in [0.5, 0.6) is 0 Å². The Morgan fingerprint density at radius 1 is 1.30 bits per heavy atom. The number of ether oxygens (including phenoxy) is 2. The van der Waals surface area contributed by atoms with Crippen LogP contribution in [0.2, 0.25) is 25.7 Å². The lowest BCUT2D eigenvalue weighted by Gasteiger charge is -2.25. The van der Waals surface area contributed by atoms with Crippen LogP contribution in [0.4, 0.5) is 16.3 Å². The molecule has 2 aromatic heterocycles. The summed E-state index contributed by atoms with van der Waals surface area (Å²) in [6.07, 6.45) is 1.96. The summed E-state index contributed by atoms with van der Waals surface area (Å²) in [5.41, 5.74) is 2.51. The number of carbonyl (C=O) groups is 1. The molecule has 0 aromatic carbocycles. The van der Waals surface area contributed by atoms with Crippen molar-refractivity contribution in [3.05, 3.63) is 28.7 Å². The van der Waals surface area contributed by atoms with Crippen molar-refractivity contribution >= 4 is 47.0 Å². The summed E-state index contributed by atoms with van der Waals surface area (Å²) < 4.78 is 39.5. The third-order valence-electron chi connectivity index (χ3n) is 5.72. The number of hydrogen-bond acceptors (Lipinski definition) is 9. The second-order valence-corrected chi connectivity index (χ2v) is 19.6. The Morgan fingerprint density at radius 3 is 2.62 bits per heavy atom. The summed E-state index contributed by atoms with van der Waals surface area (Å²) in [5, 5.41) is 5.01. The lowest BCUT2D eigenvalue weighted by Crippen LogP contribution is -2.36. The van der Waals surface area contributed by atoms with Gasteiger partial charge < -0.3 is 19.7 Å². The lowest BCUT2D eigenvalue weighted by molar-refractivity contribution is 0.0293. The molecule has 2 aromatic rings. The smallest absolute Gasteiger partial charge is 0.410 e. The molecule has 1 unspecified atom stereocenters. The first-order chi connectivity index (χ1) is 17.2. The molecule has 1 amide bonds. The average Bonchev–Trinajstić information content (AvgIpc) is 3.45. The van der Waals surface area contributed by atoms with Crippen LogP contribution in [0.1, 0.15) is 32.8 Å². The number of sulfonamides is 1. The van der Waals surface area contributed by atoms with Gasteiger partial charge in [-0.2, -0.15) is 8.42 Å². The summed E-state index contributed by atoms with van der Waals surface area (Å²) in [4.78, 5) is 22.5. The molecule has 1 atom stereocenters. The zero-order valence-electron chi connectivity index (χ0n) is 22.8. The van der Waals surface area contributed by atoms with Crippen molar-refractivity contribution in [2.24, 2.45) is 0 Å². The largest absolute Gasteiger partial charge is 0.444 e. The zero-order chi connectivity index (χ0) is 27.4. The van der Waals surface area contributed by atoms with Crippen molar-refractivity contribution in [3.8, 4) is 0 Å². The molecule has 0 spiro atoms. The van der Waals surface area contributed by atoms with Gasteiger partial charge in [-0.3, -0.25) is 0 Å². The maximum atomic E-state index is 13.5. The summed E-state index contributed by atoms with van der Waals surface area (Å²) in [6, 6.07) is 2.50. The predicted molar refractivity (Wildman–Crippen MR) is 150 cm³/mol. The van der Waals surface area contributed by atoms with Gasteiger partial charge >= 0.3 is 6.09 Å². The molecular weight excluding hydrogens is 531 g/mol. The Labute approximate surface area is 225 Å². The van der Waals surface area contributed by atoms with E-state index in [0.717, 1.165) is 28.0 Å². The molecule has 3 heterocycles. The topological polar surface area (TPSA) is 114 Å². The molecule has 1 aliphatic rings. The molecule has 13 heteroatoms. The zero-order valence-corrected chi connectivity index (χ0v) is 25.4. The van der Waals surface area contributed by atoms with Gasteiger partial charge in [0.15, 0.2) is 10.8 Å². The third-order valence-corrected chi connectivity index (χ3v) is 9.62. The van der Waals surface area contributed by atoms with E-state index in [9.17, 15) is 13.2 Å². The first-order valence-corrected chi connectivity index (χ1v) is 18.4. The van der Waals surface area contributed by atoms with Gasteiger partial charge in [-0.25, -0.2) is 19.1 Å². The molecule has 206 valence electrons. The second kappa shape index (κ2) is 11.7. The third kappa shape index (κ3) is 8.39. The summed E-state index contributed by atoms with van der Waals surface area (Å²) in [7, 11) is -5.30. The SMILES string of the molecule is Cc1cc(S(=O)(=O)N(COCC[Si](C)(C)C)c2cscn2)ncc1NC1CCN(C(=O)OC(C)(C)C)C1. The minimum absolute atomic E-state index is 0.0155. The van der Waals surface area contributed by atoms with Gasteiger partial charge in [-0.1, -0.05) is 19.6 Å². The molecule has 1 aliphatic heterocycles. The van der Waals surface area contributed by atoms with Crippen molar-refractivity contribution in [2.45, 2.75) is 76.5 Å². The molecule has 37 heavy (non-hydrogen) atoms. The average molecular weight is 570 g/mol. The summed E-state index contributed by atoms with van der Waals surface area (Å²) in [5.74, 6) is 0.313. The van der Waals surface area contributed by atoms with Crippen molar-refractivity contribution in [1.82, 2.24) is 14.9 Å². The monoisotopic (exact) mass is 569 g/mol. The van der Waals surface area contributed by atoms with Crippen LogP contribution in [0.3, 0.4) is 0 Å². The Bertz CT molecular complexity index is 1160. The van der Waals surface area contributed by atoms with Crippen LogP contribution >= 0.6 is 11.3 Å². The number of aromatic nitrogens is 2. The Kier molecular flexibility index (Phi) is 9.25. The number of likely N-dealkylation sites (tertiary alicyclic amines) is 1. The van der Waals surface area contributed by atoms with E-state index in [-0.39, 0.29) is 23.9 Å². The summed E-state index contributed by atoms with van der Waals surface area (Å²) in [6.45, 7) is 15.6. The van der Waals surface area contributed by atoms with Gasteiger partial charge in [0.05, 0.1) is 17.4 Å². The Hall–Kier alpha value is -2.22. The fourth-order valence-corrected chi connectivity index (χ4v) is 6.30. The number of hydrogen-bond donors (Lipinski definition) is 1. The fraction of sp³-hybridized carbons (Fsp3) is 0.625. The number of anilines is 2. The molecule has 1 saturated heterocycles. The first-order valence-electron chi connectivity index (χ1n) is 12.4. The van der Waals surface area contributed by atoms with Gasteiger partial charge in [0.25, 0.3) is 10.0 Å². The van der Waals surface area contributed by atoms with E-state index in [2.05, 4.69) is 34.9 Å². The van der Waals surface area contributed by atoms with E-state index in [0.29, 0.717) is 25.5 Å². The van der Waals surface area contributed by atoms with Gasteiger partial charge in [0.1, 0.15) is 12.3 Å². The highest BCUT2D eigenvalue weighted by atomic mass is 32.2. The van der Waals surface area contributed by atoms with Crippen LogP contribution in [0, 0.1) is 6.92 Å². The van der Waals surface area contributed by atoms with E-state index < -0.39 is 23.7 Å². The fourth-order valence-electron chi connectivity index (χ4n) is 3.64. The minimum atomic E-state index is -3.99.